The van der Waals surface area contributed by atoms with E-state index in [1.54, 1.807) is 11.8 Å². The monoisotopic (exact) mass is 253 g/mol. The molecular weight excluding hydrogens is 230 g/mol. The van der Waals surface area contributed by atoms with E-state index in [2.05, 4.69) is 38.1 Å². The maximum Gasteiger partial charge on any atom is 0.0547 e. The van der Waals surface area contributed by atoms with Crippen LogP contribution >= 0.6 is 11.8 Å². The van der Waals surface area contributed by atoms with Gasteiger partial charge in [-0.1, -0.05) is 43.7 Å². The van der Waals surface area contributed by atoms with Crippen LogP contribution in [0, 0.1) is 6.92 Å². The molecule has 0 aliphatic carbocycles. The van der Waals surface area contributed by atoms with Crippen LogP contribution in [-0.4, -0.2) is 23.0 Å². The summed E-state index contributed by atoms with van der Waals surface area (Å²) in [5.41, 5.74) is 8.73. The summed E-state index contributed by atoms with van der Waals surface area (Å²) >= 11 is 1.76. The second kappa shape index (κ2) is 7.04. The number of nitrogens with two attached hydrogens (primary N) is 1. The fraction of sp³-hybridized carbons (Fsp3) is 0.571. The molecule has 2 nitrogen and oxygen atoms in total. The molecule has 0 aliphatic rings. The van der Waals surface area contributed by atoms with Gasteiger partial charge in [0.25, 0.3) is 0 Å². The van der Waals surface area contributed by atoms with Crippen LogP contribution in [0.2, 0.25) is 0 Å². The molecule has 17 heavy (non-hydrogen) atoms. The topological polar surface area (TPSA) is 46.2 Å². The van der Waals surface area contributed by atoms with Crippen molar-refractivity contribution in [2.75, 3.05) is 6.61 Å². The highest BCUT2D eigenvalue weighted by atomic mass is 32.2. The Kier molecular flexibility index (Phi) is 6.03. The van der Waals surface area contributed by atoms with E-state index < -0.39 is 0 Å². The van der Waals surface area contributed by atoms with Crippen LogP contribution in [0.1, 0.15) is 36.6 Å². The zero-order chi connectivity index (χ0) is 12.8. The lowest BCUT2D eigenvalue weighted by atomic mass is 10.0. The van der Waals surface area contributed by atoms with E-state index in [1.165, 1.54) is 11.1 Å². The lowest BCUT2D eigenvalue weighted by molar-refractivity contribution is 0.299. The molecule has 96 valence electrons. The molecule has 0 amide bonds. The van der Waals surface area contributed by atoms with Crippen molar-refractivity contribution in [1.29, 1.82) is 0 Å². The van der Waals surface area contributed by atoms with Gasteiger partial charge in [0.2, 0.25) is 0 Å². The van der Waals surface area contributed by atoms with Crippen LogP contribution in [-0.2, 0) is 0 Å². The van der Waals surface area contributed by atoms with Gasteiger partial charge < -0.3 is 10.8 Å². The van der Waals surface area contributed by atoms with Crippen molar-refractivity contribution in [1.82, 2.24) is 0 Å². The van der Waals surface area contributed by atoms with Crippen LogP contribution < -0.4 is 5.73 Å². The highest BCUT2D eigenvalue weighted by Gasteiger charge is 2.21. The summed E-state index contributed by atoms with van der Waals surface area (Å²) in [4.78, 5) is 0. The summed E-state index contributed by atoms with van der Waals surface area (Å²) < 4.78 is 0. The number of rotatable bonds is 6. The molecule has 1 rings (SSSR count). The third kappa shape index (κ3) is 4.34. The van der Waals surface area contributed by atoms with E-state index in [0.29, 0.717) is 0 Å². The van der Waals surface area contributed by atoms with Crippen LogP contribution in [0.25, 0.3) is 0 Å². The first-order valence-corrected chi connectivity index (χ1v) is 7.11. The van der Waals surface area contributed by atoms with Gasteiger partial charge in [0.05, 0.1) is 6.61 Å². The predicted molar refractivity (Wildman–Crippen MR) is 76.3 cm³/mol. The van der Waals surface area contributed by atoms with Gasteiger partial charge in [-0.15, -0.1) is 11.8 Å². The Morgan fingerprint density at radius 1 is 1.41 bits per heavy atom. The number of hydrogen-bond donors (Lipinski definition) is 2. The van der Waals surface area contributed by atoms with E-state index in [9.17, 15) is 5.11 Å². The van der Waals surface area contributed by atoms with Gasteiger partial charge in [0, 0.05) is 16.5 Å². The molecule has 0 spiro atoms. The molecule has 3 unspecified atom stereocenters. The molecule has 0 bridgehead atoms. The first kappa shape index (κ1) is 14.6. The fourth-order valence-electron chi connectivity index (χ4n) is 1.78. The minimum absolute atomic E-state index is 0.135. The first-order valence-electron chi connectivity index (χ1n) is 6.17. The molecule has 0 heterocycles. The molecule has 3 atom stereocenters. The molecule has 0 fully saturated rings. The van der Waals surface area contributed by atoms with Crippen molar-refractivity contribution in [3.05, 3.63) is 35.4 Å². The lowest BCUT2D eigenvalue weighted by Crippen LogP contribution is -2.27. The Morgan fingerprint density at radius 2 is 2.12 bits per heavy atom. The minimum atomic E-state index is 0.135. The summed E-state index contributed by atoms with van der Waals surface area (Å²) in [6.45, 7) is 6.44. The molecule has 0 radical (unpaired) electrons. The third-order valence-corrected chi connectivity index (χ3v) is 4.40. The number of hydrogen-bond acceptors (Lipinski definition) is 3. The highest BCUT2D eigenvalue weighted by molar-refractivity contribution is 8.00. The van der Waals surface area contributed by atoms with Crippen molar-refractivity contribution in [3.8, 4) is 0 Å². The molecule has 0 aromatic heterocycles. The quantitative estimate of drug-likeness (QED) is 0.819. The van der Waals surface area contributed by atoms with Gasteiger partial charge in [0.1, 0.15) is 0 Å². The summed E-state index contributed by atoms with van der Waals surface area (Å²) in [7, 11) is 0. The van der Waals surface area contributed by atoms with Crippen molar-refractivity contribution < 1.29 is 5.11 Å². The zero-order valence-corrected chi connectivity index (χ0v) is 11.7. The lowest BCUT2D eigenvalue weighted by Gasteiger charge is -2.25. The van der Waals surface area contributed by atoms with E-state index >= 15 is 0 Å². The van der Waals surface area contributed by atoms with Gasteiger partial charge in [-0.25, -0.2) is 0 Å². The molecule has 1 aromatic rings. The van der Waals surface area contributed by atoms with Crippen molar-refractivity contribution in [2.24, 2.45) is 5.73 Å². The Bertz CT molecular complexity index is 343. The molecule has 0 aliphatic heterocycles. The molecule has 1 aromatic carbocycles. The van der Waals surface area contributed by atoms with Crippen LogP contribution in [0.15, 0.2) is 24.3 Å². The van der Waals surface area contributed by atoms with Crippen molar-refractivity contribution in [2.45, 2.75) is 43.7 Å². The number of benzene rings is 1. The Morgan fingerprint density at radius 3 is 2.65 bits per heavy atom. The maximum absolute atomic E-state index is 9.18. The van der Waals surface area contributed by atoms with Crippen LogP contribution in [0.4, 0.5) is 0 Å². The standard InChI is InChI=1S/C14H23NOS/c1-4-13(15)14(17-11(3)9-16)12-7-5-6-10(2)8-12/h5-8,11,13-14,16H,4,9,15H2,1-3H3. The predicted octanol–water partition coefficient (Wildman–Crippen LogP) is 2.89. The molecule has 3 heteroatoms. The van der Waals surface area contributed by atoms with Gasteiger partial charge in [-0.2, -0.15) is 0 Å². The minimum Gasteiger partial charge on any atom is -0.395 e. The van der Waals surface area contributed by atoms with E-state index in [-0.39, 0.29) is 23.1 Å². The average Bonchev–Trinajstić information content (AvgIpc) is 2.34. The fourth-order valence-corrected chi connectivity index (χ4v) is 3.07. The Labute approximate surface area is 109 Å². The third-order valence-electron chi connectivity index (χ3n) is 2.87. The van der Waals surface area contributed by atoms with E-state index in [1.807, 2.05) is 6.92 Å². The van der Waals surface area contributed by atoms with Gasteiger partial charge in [-0.05, 0) is 18.9 Å². The number of thioether (sulfide) groups is 1. The summed E-state index contributed by atoms with van der Waals surface area (Å²) in [5, 5.41) is 9.66. The zero-order valence-electron chi connectivity index (χ0n) is 10.9. The molecule has 0 saturated heterocycles. The smallest absolute Gasteiger partial charge is 0.0547 e. The largest absolute Gasteiger partial charge is 0.395 e. The maximum atomic E-state index is 9.18. The number of aryl methyl sites for hydroxylation is 1. The average molecular weight is 253 g/mol. The molecule has 0 saturated carbocycles. The van der Waals surface area contributed by atoms with Crippen molar-refractivity contribution >= 4 is 11.8 Å². The number of aliphatic hydroxyl groups excluding tert-OH is 1. The summed E-state index contributed by atoms with van der Waals surface area (Å²) in [5.74, 6) is 0. The van der Waals surface area contributed by atoms with Gasteiger partial charge >= 0.3 is 0 Å². The normalized spacial score (nSPS) is 16.5. The SMILES string of the molecule is CCC(N)C(SC(C)CO)c1cccc(C)c1. The Hall–Kier alpha value is -0.510. The summed E-state index contributed by atoms with van der Waals surface area (Å²) in [6, 6.07) is 8.63. The van der Waals surface area contributed by atoms with Crippen LogP contribution in [0.3, 0.4) is 0 Å². The van der Waals surface area contributed by atoms with E-state index in [0.717, 1.165) is 6.42 Å². The second-order valence-electron chi connectivity index (χ2n) is 4.54. The van der Waals surface area contributed by atoms with E-state index in [4.69, 9.17) is 5.73 Å². The van der Waals surface area contributed by atoms with Gasteiger partial charge in [-0.3, -0.25) is 0 Å². The Balaban J connectivity index is 2.89. The first-order chi connectivity index (χ1) is 8.08. The molecule has 3 N–H and O–H groups in total. The van der Waals surface area contributed by atoms with Crippen molar-refractivity contribution in [3.63, 3.8) is 0 Å². The van der Waals surface area contributed by atoms with Gasteiger partial charge in [0.15, 0.2) is 0 Å². The summed E-state index contributed by atoms with van der Waals surface area (Å²) in [6.07, 6.45) is 0.948. The highest BCUT2D eigenvalue weighted by Crippen LogP contribution is 2.35. The molecular formula is C14H23NOS. The second-order valence-corrected chi connectivity index (χ2v) is 6.12. The van der Waals surface area contributed by atoms with Crippen LogP contribution in [0.5, 0.6) is 0 Å². The number of aliphatic hydroxyl groups is 1.